The Labute approximate surface area is 82.9 Å². The van der Waals surface area contributed by atoms with Crippen molar-refractivity contribution >= 4 is 17.6 Å². The normalized spacial score (nSPS) is 36.4. The molecule has 1 aliphatic carbocycles. The molecule has 1 saturated heterocycles. The van der Waals surface area contributed by atoms with Crippen LogP contribution in [-0.2, 0) is 9.53 Å². The van der Waals surface area contributed by atoms with E-state index in [4.69, 9.17) is 16.3 Å². The minimum Gasteiger partial charge on any atom is -0.458 e. The van der Waals surface area contributed by atoms with Crippen LogP contribution in [0, 0.1) is 5.41 Å². The molecule has 72 valence electrons. The number of carbonyl (C=O) groups is 1. The van der Waals surface area contributed by atoms with E-state index in [1.165, 1.54) is 0 Å². The maximum absolute atomic E-state index is 11.6. The van der Waals surface area contributed by atoms with Crippen molar-refractivity contribution in [3.63, 3.8) is 0 Å². The topological polar surface area (TPSA) is 26.3 Å². The molecule has 0 aromatic heterocycles. The van der Waals surface area contributed by atoms with E-state index in [1.54, 1.807) is 0 Å². The molecule has 13 heavy (non-hydrogen) atoms. The highest BCUT2D eigenvalue weighted by Gasteiger charge is 2.48. The average Bonchev–Trinajstić information content (AvgIpc) is 2.35. The second-order valence-electron chi connectivity index (χ2n) is 3.85. The van der Waals surface area contributed by atoms with Crippen molar-refractivity contribution in [2.45, 2.75) is 31.8 Å². The van der Waals surface area contributed by atoms with Gasteiger partial charge in [0.15, 0.2) is 0 Å². The Morgan fingerprint density at radius 1 is 1.69 bits per heavy atom. The molecule has 0 spiro atoms. The largest absolute Gasteiger partial charge is 0.458 e. The molecule has 2 aliphatic rings. The second kappa shape index (κ2) is 3.33. The first kappa shape index (κ1) is 9.07. The van der Waals surface area contributed by atoms with Gasteiger partial charge in [-0.05, 0) is 25.3 Å². The lowest BCUT2D eigenvalue weighted by Crippen LogP contribution is -2.26. The Balaban J connectivity index is 2.11. The van der Waals surface area contributed by atoms with Crippen LogP contribution in [0.25, 0.3) is 0 Å². The van der Waals surface area contributed by atoms with Crippen LogP contribution in [0.4, 0.5) is 0 Å². The first-order chi connectivity index (χ1) is 6.27. The van der Waals surface area contributed by atoms with E-state index < -0.39 is 0 Å². The summed E-state index contributed by atoms with van der Waals surface area (Å²) in [4.78, 5) is 11.6. The molecule has 0 aromatic rings. The third-order valence-corrected chi connectivity index (χ3v) is 3.20. The summed E-state index contributed by atoms with van der Waals surface area (Å²) in [7, 11) is 0. The standard InChI is InChI=1S/C10H13ClO2/c11-6-2-5-10-4-1-3-8(7-10)13-9(10)12/h1,3,8H,2,4-7H2/t8-,10-/m0/s1. The van der Waals surface area contributed by atoms with E-state index in [-0.39, 0.29) is 17.5 Å². The van der Waals surface area contributed by atoms with Gasteiger partial charge in [0, 0.05) is 12.3 Å². The molecule has 0 amide bonds. The fourth-order valence-electron chi connectivity index (χ4n) is 2.20. The van der Waals surface area contributed by atoms with Gasteiger partial charge in [-0.1, -0.05) is 6.08 Å². The maximum atomic E-state index is 11.6. The van der Waals surface area contributed by atoms with Crippen molar-refractivity contribution in [3.8, 4) is 0 Å². The molecule has 0 N–H and O–H groups in total. The molecule has 3 heteroatoms. The third-order valence-electron chi connectivity index (χ3n) is 2.93. The van der Waals surface area contributed by atoms with Crippen LogP contribution in [0.3, 0.4) is 0 Å². The smallest absolute Gasteiger partial charge is 0.313 e. The molecule has 1 heterocycles. The molecular formula is C10H13ClO2. The molecule has 0 radical (unpaired) electrons. The van der Waals surface area contributed by atoms with Crippen molar-refractivity contribution in [1.82, 2.24) is 0 Å². The number of carbonyl (C=O) groups excluding carboxylic acids is 1. The van der Waals surface area contributed by atoms with Crippen LogP contribution in [0.5, 0.6) is 0 Å². The van der Waals surface area contributed by atoms with Crippen LogP contribution >= 0.6 is 11.6 Å². The van der Waals surface area contributed by atoms with Crippen molar-refractivity contribution < 1.29 is 9.53 Å². The van der Waals surface area contributed by atoms with Gasteiger partial charge < -0.3 is 4.74 Å². The second-order valence-corrected chi connectivity index (χ2v) is 4.23. The van der Waals surface area contributed by atoms with Gasteiger partial charge in [0.1, 0.15) is 6.10 Å². The van der Waals surface area contributed by atoms with Crippen LogP contribution in [-0.4, -0.2) is 18.0 Å². The quantitative estimate of drug-likeness (QED) is 0.397. The number of allylic oxidation sites excluding steroid dienone is 1. The Morgan fingerprint density at radius 2 is 2.54 bits per heavy atom. The molecule has 0 unspecified atom stereocenters. The highest BCUT2D eigenvalue weighted by atomic mass is 35.5. The zero-order valence-corrected chi connectivity index (χ0v) is 8.22. The maximum Gasteiger partial charge on any atom is 0.313 e. The Morgan fingerprint density at radius 3 is 3.31 bits per heavy atom. The van der Waals surface area contributed by atoms with Crippen molar-refractivity contribution in [1.29, 1.82) is 0 Å². The molecule has 1 fully saturated rings. The average molecular weight is 201 g/mol. The zero-order valence-electron chi connectivity index (χ0n) is 7.46. The minimum absolute atomic E-state index is 0.0207. The zero-order chi connectivity index (χ0) is 9.31. The minimum atomic E-state index is -0.228. The summed E-state index contributed by atoms with van der Waals surface area (Å²) >= 11 is 5.63. The van der Waals surface area contributed by atoms with Crippen LogP contribution < -0.4 is 0 Å². The summed E-state index contributed by atoms with van der Waals surface area (Å²) in [5, 5.41) is 0. The van der Waals surface area contributed by atoms with E-state index in [9.17, 15) is 4.79 Å². The summed E-state index contributed by atoms with van der Waals surface area (Å²) in [6.07, 6.45) is 7.56. The number of hydrogen-bond donors (Lipinski definition) is 0. The van der Waals surface area contributed by atoms with Gasteiger partial charge in [-0.2, -0.15) is 0 Å². The molecule has 1 aliphatic heterocycles. The van der Waals surface area contributed by atoms with E-state index in [2.05, 4.69) is 6.08 Å². The third kappa shape index (κ3) is 1.48. The van der Waals surface area contributed by atoms with Crippen molar-refractivity contribution in [3.05, 3.63) is 12.2 Å². The van der Waals surface area contributed by atoms with Gasteiger partial charge in [-0.15, -0.1) is 11.6 Å². The lowest BCUT2D eigenvalue weighted by atomic mass is 9.75. The molecule has 0 aromatic carbocycles. The number of alkyl halides is 1. The summed E-state index contributed by atoms with van der Waals surface area (Å²) < 4.78 is 5.22. The first-order valence-corrected chi connectivity index (χ1v) is 5.24. The number of esters is 1. The van der Waals surface area contributed by atoms with E-state index in [1.807, 2.05) is 6.08 Å². The van der Waals surface area contributed by atoms with E-state index in [0.29, 0.717) is 5.88 Å². The lowest BCUT2D eigenvalue weighted by Gasteiger charge is -2.24. The fourth-order valence-corrected chi connectivity index (χ4v) is 2.34. The van der Waals surface area contributed by atoms with E-state index in [0.717, 1.165) is 25.7 Å². The van der Waals surface area contributed by atoms with Gasteiger partial charge in [0.05, 0.1) is 5.41 Å². The predicted octanol–water partition coefficient (Wildman–Crippen LogP) is 2.27. The number of hydrogen-bond acceptors (Lipinski definition) is 2. The summed E-state index contributed by atoms with van der Waals surface area (Å²) in [6.45, 7) is 0. The number of halogens is 1. The predicted molar refractivity (Wildman–Crippen MR) is 50.6 cm³/mol. The molecule has 0 saturated carbocycles. The van der Waals surface area contributed by atoms with Crippen LogP contribution in [0.1, 0.15) is 25.7 Å². The van der Waals surface area contributed by atoms with Gasteiger partial charge in [0.2, 0.25) is 0 Å². The Hall–Kier alpha value is -0.500. The van der Waals surface area contributed by atoms with Gasteiger partial charge >= 0.3 is 5.97 Å². The van der Waals surface area contributed by atoms with Gasteiger partial charge in [0.25, 0.3) is 0 Å². The SMILES string of the molecule is O=C1O[C@H]2C=CC[C@]1(CCCCl)C2. The van der Waals surface area contributed by atoms with Gasteiger partial charge in [-0.25, -0.2) is 0 Å². The molecular weight excluding hydrogens is 188 g/mol. The van der Waals surface area contributed by atoms with Gasteiger partial charge in [-0.3, -0.25) is 4.79 Å². The Bertz CT molecular complexity index is 249. The van der Waals surface area contributed by atoms with Crippen LogP contribution in [0.15, 0.2) is 12.2 Å². The fraction of sp³-hybridized carbons (Fsp3) is 0.700. The number of fused-ring (bicyclic) bond motifs is 2. The number of ether oxygens (including phenoxy) is 1. The summed E-state index contributed by atoms with van der Waals surface area (Å²) in [5.41, 5.74) is -0.228. The molecule has 2 bridgehead atoms. The van der Waals surface area contributed by atoms with Crippen molar-refractivity contribution in [2.75, 3.05) is 5.88 Å². The summed E-state index contributed by atoms with van der Waals surface area (Å²) in [5.74, 6) is 0.608. The molecule has 2 nitrogen and oxygen atoms in total. The summed E-state index contributed by atoms with van der Waals surface area (Å²) in [6, 6.07) is 0. The Kier molecular flexibility index (Phi) is 2.33. The molecule has 2 rings (SSSR count). The van der Waals surface area contributed by atoms with Crippen molar-refractivity contribution in [2.24, 2.45) is 5.41 Å². The number of rotatable bonds is 3. The highest BCUT2D eigenvalue weighted by Crippen LogP contribution is 2.44. The van der Waals surface area contributed by atoms with Crippen LogP contribution in [0.2, 0.25) is 0 Å². The van der Waals surface area contributed by atoms with E-state index >= 15 is 0 Å². The molecule has 2 atom stereocenters. The first-order valence-electron chi connectivity index (χ1n) is 4.71. The monoisotopic (exact) mass is 200 g/mol. The highest BCUT2D eigenvalue weighted by molar-refractivity contribution is 6.17. The lowest BCUT2D eigenvalue weighted by molar-refractivity contribution is -0.147.